The predicted molar refractivity (Wildman–Crippen MR) is 123 cm³/mol. The van der Waals surface area contributed by atoms with Gasteiger partial charge in [-0.3, -0.25) is 9.78 Å². The lowest BCUT2D eigenvalue weighted by molar-refractivity contribution is 0.0513. The number of aromatic nitrogens is 4. The topological polar surface area (TPSA) is 108 Å². The molecule has 1 aromatic carbocycles. The number of fused-ring (bicyclic) bond motifs is 1. The maximum absolute atomic E-state index is 13.5. The van der Waals surface area contributed by atoms with Crippen molar-refractivity contribution >= 4 is 22.7 Å². The van der Waals surface area contributed by atoms with Crippen LogP contribution in [0.2, 0.25) is 0 Å². The second kappa shape index (κ2) is 9.90. The van der Waals surface area contributed by atoms with Gasteiger partial charge in [-0.15, -0.1) is 4.73 Å². The summed E-state index contributed by atoms with van der Waals surface area (Å²) in [5, 5.41) is 3.70. The minimum Gasteiger partial charge on any atom is -0.462 e. The number of nitrogens with zero attached hydrogens (tertiary/aromatic N) is 4. The van der Waals surface area contributed by atoms with Gasteiger partial charge >= 0.3 is 11.5 Å². The van der Waals surface area contributed by atoms with Crippen molar-refractivity contribution in [3.8, 4) is 0 Å². The van der Waals surface area contributed by atoms with Gasteiger partial charge in [-0.05, 0) is 31.0 Å². The fourth-order valence-electron chi connectivity index (χ4n) is 3.43. The number of benzene rings is 1. The lowest BCUT2D eigenvalue weighted by Gasteiger charge is -2.18. The number of pyridine rings is 2. The summed E-state index contributed by atoms with van der Waals surface area (Å²) in [5.41, 5.74) is 2.04. The molecule has 9 heteroatoms. The van der Waals surface area contributed by atoms with Crippen LogP contribution in [0.5, 0.6) is 0 Å². The highest BCUT2D eigenvalue weighted by Crippen LogP contribution is 2.27. The summed E-state index contributed by atoms with van der Waals surface area (Å²) < 4.78 is 6.25. The lowest BCUT2D eigenvalue weighted by atomic mass is 10.1. The molecule has 168 valence electrons. The zero-order chi connectivity index (χ0) is 23.2. The molecule has 0 radical (unpaired) electrons. The van der Waals surface area contributed by atoms with Crippen LogP contribution in [-0.2, 0) is 17.9 Å². The number of ether oxygens (including phenoxy) is 1. The molecule has 0 spiro atoms. The molecule has 3 aromatic heterocycles. The molecule has 3 heterocycles. The maximum atomic E-state index is 13.5. The number of esters is 1. The fraction of sp³-hybridized carbons (Fsp3) is 0.208. The first-order chi connectivity index (χ1) is 16.1. The number of carbonyl (C=O) groups is 1. The third-order valence-corrected chi connectivity index (χ3v) is 4.98. The van der Waals surface area contributed by atoms with Crippen LogP contribution in [0.25, 0.3) is 11.0 Å². The number of nitrogens with one attached hydrogen (secondary N) is 1. The fourth-order valence-corrected chi connectivity index (χ4v) is 3.43. The number of hydrogen-bond acceptors (Lipinski definition) is 8. The summed E-state index contributed by atoms with van der Waals surface area (Å²) in [6.45, 7) is 4.02. The summed E-state index contributed by atoms with van der Waals surface area (Å²) >= 11 is 0. The average molecular weight is 445 g/mol. The van der Waals surface area contributed by atoms with Gasteiger partial charge in [-0.2, -0.15) is 0 Å². The molecule has 0 fully saturated rings. The summed E-state index contributed by atoms with van der Waals surface area (Å²) in [6.07, 6.45) is 4.73. The molecule has 0 atom stereocenters. The highest BCUT2D eigenvalue weighted by atomic mass is 16.7. The van der Waals surface area contributed by atoms with Crippen LogP contribution in [0, 0.1) is 6.92 Å². The van der Waals surface area contributed by atoms with E-state index < -0.39 is 11.5 Å². The van der Waals surface area contributed by atoms with Crippen molar-refractivity contribution in [2.45, 2.75) is 27.0 Å². The van der Waals surface area contributed by atoms with E-state index in [9.17, 15) is 9.59 Å². The van der Waals surface area contributed by atoms with E-state index in [1.54, 1.807) is 26.2 Å². The van der Waals surface area contributed by atoms with E-state index in [0.29, 0.717) is 23.3 Å². The lowest BCUT2D eigenvalue weighted by Crippen LogP contribution is -2.34. The summed E-state index contributed by atoms with van der Waals surface area (Å²) in [4.78, 5) is 44.9. The predicted octanol–water partition coefficient (Wildman–Crippen LogP) is 2.91. The van der Waals surface area contributed by atoms with Gasteiger partial charge in [0.25, 0.3) is 0 Å². The normalized spacial score (nSPS) is 10.7. The summed E-state index contributed by atoms with van der Waals surface area (Å²) in [6, 6.07) is 13.1. The molecule has 9 nitrogen and oxygen atoms in total. The second-order valence-corrected chi connectivity index (χ2v) is 7.20. The molecule has 4 rings (SSSR count). The van der Waals surface area contributed by atoms with Crippen LogP contribution in [0.3, 0.4) is 0 Å². The third-order valence-electron chi connectivity index (χ3n) is 4.98. The summed E-state index contributed by atoms with van der Waals surface area (Å²) in [5.74, 6) is -0.751. The van der Waals surface area contributed by atoms with Crippen molar-refractivity contribution < 1.29 is 14.4 Å². The number of aryl methyl sites for hydroxylation is 1. The van der Waals surface area contributed by atoms with Crippen LogP contribution in [-0.4, -0.2) is 32.3 Å². The Hall–Kier alpha value is -4.27. The zero-order valence-corrected chi connectivity index (χ0v) is 18.3. The Morgan fingerprint density at radius 3 is 2.61 bits per heavy atom. The molecular formula is C24H23N5O4. The highest BCUT2D eigenvalue weighted by Gasteiger charge is 2.26. The molecule has 0 unspecified atom stereocenters. The number of anilines is 1. The Labute approximate surface area is 190 Å². The van der Waals surface area contributed by atoms with E-state index in [1.165, 1.54) is 6.33 Å². The van der Waals surface area contributed by atoms with E-state index in [2.05, 4.69) is 20.3 Å². The molecule has 0 bridgehead atoms. The molecule has 33 heavy (non-hydrogen) atoms. The Bertz CT molecular complexity index is 1320. The van der Waals surface area contributed by atoms with E-state index in [1.807, 2.05) is 42.5 Å². The molecule has 4 aromatic rings. The van der Waals surface area contributed by atoms with Crippen molar-refractivity contribution in [3.05, 3.63) is 93.9 Å². The van der Waals surface area contributed by atoms with Crippen molar-refractivity contribution in [2.75, 3.05) is 11.9 Å². The van der Waals surface area contributed by atoms with Crippen LogP contribution < -0.4 is 15.7 Å². The molecule has 0 aliphatic heterocycles. The molecule has 0 saturated carbocycles. The molecule has 0 aliphatic rings. The van der Waals surface area contributed by atoms with Crippen LogP contribution >= 0.6 is 0 Å². The van der Waals surface area contributed by atoms with Crippen molar-refractivity contribution in [3.63, 3.8) is 0 Å². The van der Waals surface area contributed by atoms with E-state index >= 15 is 0 Å². The molecular weight excluding hydrogens is 422 g/mol. The summed E-state index contributed by atoms with van der Waals surface area (Å²) in [7, 11) is 0. The third kappa shape index (κ3) is 4.67. The van der Waals surface area contributed by atoms with E-state index in [-0.39, 0.29) is 24.4 Å². The first-order valence-corrected chi connectivity index (χ1v) is 10.5. The van der Waals surface area contributed by atoms with E-state index in [0.717, 1.165) is 15.9 Å². The molecule has 0 aliphatic carbocycles. The van der Waals surface area contributed by atoms with Gasteiger partial charge in [0.15, 0.2) is 11.2 Å². The molecule has 0 amide bonds. The SMILES string of the molecule is CCOC(=O)c1c(NCc2cccnc2)c2c(C)ncnc2n(OCc2ccccc2)c1=O. The Morgan fingerprint density at radius 1 is 1.09 bits per heavy atom. The smallest absolute Gasteiger partial charge is 0.346 e. The standard InChI is InChI=1S/C24H23N5O4/c1-3-32-24(31)20-21(26-13-18-10-7-11-25-12-18)19-16(2)27-15-28-22(19)29(23(20)30)33-14-17-8-5-4-6-9-17/h4-12,15,26H,3,13-14H2,1-2H3. The van der Waals surface area contributed by atoms with Gasteiger partial charge in [0.2, 0.25) is 0 Å². The molecule has 0 saturated heterocycles. The number of hydrogen-bond donors (Lipinski definition) is 1. The van der Waals surface area contributed by atoms with Crippen LogP contribution in [0.15, 0.2) is 66.0 Å². The van der Waals surface area contributed by atoms with Crippen LogP contribution in [0.1, 0.15) is 34.1 Å². The van der Waals surface area contributed by atoms with Crippen LogP contribution in [0.4, 0.5) is 5.69 Å². The largest absolute Gasteiger partial charge is 0.462 e. The van der Waals surface area contributed by atoms with Gasteiger partial charge in [-0.1, -0.05) is 36.4 Å². The number of rotatable bonds is 8. The van der Waals surface area contributed by atoms with Crippen molar-refractivity contribution in [2.24, 2.45) is 0 Å². The average Bonchev–Trinajstić information content (AvgIpc) is 2.83. The zero-order valence-electron chi connectivity index (χ0n) is 18.3. The van der Waals surface area contributed by atoms with Crippen molar-refractivity contribution in [1.29, 1.82) is 0 Å². The van der Waals surface area contributed by atoms with Gasteiger partial charge in [0, 0.05) is 18.9 Å². The minimum absolute atomic E-state index is 0.115. The van der Waals surface area contributed by atoms with Gasteiger partial charge < -0.3 is 14.9 Å². The first kappa shape index (κ1) is 21.9. The highest BCUT2D eigenvalue weighted by molar-refractivity contribution is 6.04. The maximum Gasteiger partial charge on any atom is 0.346 e. The molecule has 1 N–H and O–H groups in total. The quantitative estimate of drug-likeness (QED) is 0.413. The van der Waals surface area contributed by atoms with Crippen molar-refractivity contribution in [1.82, 2.24) is 19.7 Å². The Balaban J connectivity index is 1.86. The monoisotopic (exact) mass is 445 g/mol. The number of carbonyl (C=O) groups excluding carboxylic acids is 1. The Morgan fingerprint density at radius 2 is 1.88 bits per heavy atom. The van der Waals surface area contributed by atoms with Gasteiger partial charge in [0.1, 0.15) is 12.9 Å². The minimum atomic E-state index is -0.751. The van der Waals surface area contributed by atoms with E-state index in [4.69, 9.17) is 9.57 Å². The van der Waals surface area contributed by atoms with Gasteiger partial charge in [-0.25, -0.2) is 14.8 Å². The second-order valence-electron chi connectivity index (χ2n) is 7.20. The first-order valence-electron chi connectivity index (χ1n) is 10.5. The Kier molecular flexibility index (Phi) is 6.58. The van der Waals surface area contributed by atoms with Gasteiger partial charge in [0.05, 0.1) is 23.4 Å².